The van der Waals surface area contributed by atoms with E-state index in [9.17, 15) is 9.59 Å². The molecule has 3 aromatic carbocycles. The Morgan fingerprint density at radius 1 is 0.917 bits per heavy atom. The van der Waals surface area contributed by atoms with E-state index in [1.54, 1.807) is 20.8 Å². The molecule has 0 spiro atoms. The van der Waals surface area contributed by atoms with Crippen LogP contribution in [-0.4, -0.2) is 33.3 Å². The van der Waals surface area contributed by atoms with Gasteiger partial charge in [0.15, 0.2) is 0 Å². The molecule has 1 unspecified atom stereocenters. The van der Waals surface area contributed by atoms with Gasteiger partial charge in [0.2, 0.25) is 0 Å². The maximum absolute atomic E-state index is 13.0. The number of carbonyl (C=O) groups is 2. The quantitative estimate of drug-likeness (QED) is 0.329. The zero-order chi connectivity index (χ0) is 25.5. The Hall–Kier alpha value is -4.13. The molecule has 7 heteroatoms. The van der Waals surface area contributed by atoms with E-state index in [2.05, 4.69) is 9.88 Å². The number of para-hydroxylation sites is 3. The molecule has 36 heavy (non-hydrogen) atoms. The molecule has 1 N–H and O–H groups in total. The van der Waals surface area contributed by atoms with Gasteiger partial charge in [-0.05, 0) is 57.0 Å². The maximum atomic E-state index is 13.0. The highest BCUT2D eigenvalue weighted by molar-refractivity contribution is 5.81. The summed E-state index contributed by atoms with van der Waals surface area (Å²) in [6.45, 7) is 5.45. The fourth-order valence-corrected chi connectivity index (χ4v) is 3.91. The van der Waals surface area contributed by atoms with Crippen molar-refractivity contribution in [3.05, 3.63) is 96.3 Å². The van der Waals surface area contributed by atoms with Gasteiger partial charge in [-0.3, -0.25) is 4.57 Å². The first-order valence-corrected chi connectivity index (χ1v) is 12.0. The Bertz CT molecular complexity index is 1310. The van der Waals surface area contributed by atoms with Crippen molar-refractivity contribution in [1.82, 2.24) is 14.9 Å². The van der Waals surface area contributed by atoms with E-state index in [0.717, 1.165) is 28.1 Å². The smallest absolute Gasteiger partial charge is 0.408 e. The highest BCUT2D eigenvalue weighted by Gasteiger charge is 2.26. The van der Waals surface area contributed by atoms with Crippen LogP contribution in [0.15, 0.2) is 84.9 Å². The predicted octanol–water partition coefficient (Wildman–Crippen LogP) is 5.59. The van der Waals surface area contributed by atoms with Crippen LogP contribution in [0.1, 0.15) is 38.6 Å². The summed E-state index contributed by atoms with van der Waals surface area (Å²) in [5.41, 5.74) is 2.99. The number of imidazole rings is 1. The molecule has 0 aliphatic rings. The molecule has 0 saturated heterocycles. The molecule has 0 aliphatic heterocycles. The van der Waals surface area contributed by atoms with Crippen LogP contribution in [0.3, 0.4) is 0 Å². The fraction of sp³-hybridized carbons (Fsp3) is 0.276. The van der Waals surface area contributed by atoms with Crippen LogP contribution >= 0.6 is 0 Å². The van der Waals surface area contributed by atoms with Gasteiger partial charge in [-0.15, -0.1) is 0 Å². The minimum atomic E-state index is -0.896. The van der Waals surface area contributed by atoms with Crippen LogP contribution < -0.4 is 5.32 Å². The van der Waals surface area contributed by atoms with Crippen molar-refractivity contribution >= 4 is 23.1 Å². The zero-order valence-corrected chi connectivity index (χ0v) is 20.8. The third kappa shape index (κ3) is 6.50. The number of nitrogens with one attached hydrogen (secondary N) is 1. The summed E-state index contributed by atoms with van der Waals surface area (Å²) in [4.78, 5) is 30.4. The number of fused-ring (bicyclic) bond motifs is 1. The summed E-state index contributed by atoms with van der Waals surface area (Å²) in [7, 11) is 0. The molecule has 4 rings (SSSR count). The lowest BCUT2D eigenvalue weighted by molar-refractivity contribution is -0.147. The van der Waals surface area contributed by atoms with E-state index in [1.807, 2.05) is 84.9 Å². The molecule has 0 bridgehead atoms. The summed E-state index contributed by atoms with van der Waals surface area (Å²) in [5, 5.41) is 2.70. The molecule has 186 valence electrons. The van der Waals surface area contributed by atoms with Crippen molar-refractivity contribution in [2.45, 2.75) is 51.9 Å². The summed E-state index contributed by atoms with van der Waals surface area (Å²) < 4.78 is 13.0. The first kappa shape index (κ1) is 25.0. The van der Waals surface area contributed by atoms with E-state index in [4.69, 9.17) is 14.5 Å². The Morgan fingerprint density at radius 2 is 1.56 bits per heavy atom. The number of alkyl carbamates (subject to hydrolysis) is 1. The Balaban J connectivity index is 1.55. The molecular weight excluding hydrogens is 454 g/mol. The number of aromatic nitrogens is 2. The standard InChI is InChI=1S/C29H31N3O4/c1-29(2,3)36-28(34)31-24(27(33)35-20-21-12-6-4-7-13-21)18-19-26-30-23-16-10-11-17-25(23)32(26)22-14-8-5-9-15-22/h4-17,24H,18-20H2,1-3H3,(H,31,34). The van der Waals surface area contributed by atoms with Crippen molar-refractivity contribution in [2.24, 2.45) is 0 Å². The zero-order valence-electron chi connectivity index (χ0n) is 20.8. The SMILES string of the molecule is CC(C)(C)OC(=O)NC(CCc1nc2ccccc2n1-c1ccccc1)C(=O)OCc1ccccc1. The number of esters is 1. The summed E-state index contributed by atoms with van der Waals surface area (Å²) in [6, 6.07) is 26.4. The lowest BCUT2D eigenvalue weighted by Gasteiger charge is -2.23. The van der Waals surface area contributed by atoms with Crippen LogP contribution in [-0.2, 0) is 27.3 Å². The average molecular weight is 486 g/mol. The molecule has 0 aliphatic carbocycles. The van der Waals surface area contributed by atoms with Crippen LogP contribution in [0, 0.1) is 0 Å². The fourth-order valence-electron chi connectivity index (χ4n) is 3.91. The minimum Gasteiger partial charge on any atom is -0.459 e. The van der Waals surface area contributed by atoms with Crippen molar-refractivity contribution in [3.63, 3.8) is 0 Å². The van der Waals surface area contributed by atoms with Crippen LogP contribution in [0.25, 0.3) is 16.7 Å². The third-order valence-electron chi connectivity index (χ3n) is 5.50. The van der Waals surface area contributed by atoms with Gasteiger partial charge in [0.25, 0.3) is 0 Å². The highest BCUT2D eigenvalue weighted by atomic mass is 16.6. The second-order valence-electron chi connectivity index (χ2n) is 9.52. The topological polar surface area (TPSA) is 82.5 Å². The first-order valence-electron chi connectivity index (χ1n) is 12.0. The van der Waals surface area contributed by atoms with Gasteiger partial charge in [0.05, 0.1) is 11.0 Å². The van der Waals surface area contributed by atoms with Crippen molar-refractivity contribution < 1.29 is 19.1 Å². The highest BCUT2D eigenvalue weighted by Crippen LogP contribution is 2.23. The molecule has 1 atom stereocenters. The van der Waals surface area contributed by atoms with Gasteiger partial charge in [0, 0.05) is 12.1 Å². The molecule has 1 amide bonds. The lowest BCUT2D eigenvalue weighted by atomic mass is 10.1. The number of ether oxygens (including phenoxy) is 2. The van der Waals surface area contributed by atoms with Crippen molar-refractivity contribution in [1.29, 1.82) is 0 Å². The number of benzene rings is 3. The van der Waals surface area contributed by atoms with E-state index in [-0.39, 0.29) is 6.61 Å². The molecule has 0 saturated carbocycles. The predicted molar refractivity (Wildman–Crippen MR) is 139 cm³/mol. The molecule has 7 nitrogen and oxygen atoms in total. The normalized spacial score (nSPS) is 12.2. The number of hydrogen-bond acceptors (Lipinski definition) is 5. The molecular formula is C29H31N3O4. The lowest BCUT2D eigenvalue weighted by Crippen LogP contribution is -2.44. The van der Waals surface area contributed by atoms with Gasteiger partial charge in [-0.2, -0.15) is 0 Å². The Labute approximate surface area is 211 Å². The number of amides is 1. The van der Waals surface area contributed by atoms with E-state index < -0.39 is 23.7 Å². The second kappa shape index (κ2) is 11.1. The number of nitrogens with zero attached hydrogens (tertiary/aromatic N) is 2. The van der Waals surface area contributed by atoms with Crippen LogP contribution in [0.2, 0.25) is 0 Å². The van der Waals surface area contributed by atoms with Gasteiger partial charge in [0.1, 0.15) is 24.1 Å². The number of rotatable bonds is 8. The Kier molecular flexibility index (Phi) is 7.68. The summed E-state index contributed by atoms with van der Waals surface area (Å²) in [5.74, 6) is 0.265. The van der Waals surface area contributed by atoms with Gasteiger partial charge < -0.3 is 14.8 Å². The first-order chi connectivity index (χ1) is 17.3. The van der Waals surface area contributed by atoms with E-state index in [1.165, 1.54) is 0 Å². The second-order valence-corrected chi connectivity index (χ2v) is 9.52. The van der Waals surface area contributed by atoms with Crippen molar-refractivity contribution in [3.8, 4) is 5.69 Å². The molecule has 0 radical (unpaired) electrons. The number of aryl methyl sites for hydroxylation is 1. The van der Waals surface area contributed by atoms with Gasteiger partial charge in [-0.25, -0.2) is 14.6 Å². The molecule has 1 heterocycles. The van der Waals surface area contributed by atoms with Crippen molar-refractivity contribution in [2.75, 3.05) is 0 Å². The summed E-state index contributed by atoms with van der Waals surface area (Å²) >= 11 is 0. The maximum Gasteiger partial charge on any atom is 0.408 e. The third-order valence-corrected chi connectivity index (χ3v) is 5.50. The molecule has 1 aromatic heterocycles. The average Bonchev–Trinajstić information content (AvgIpc) is 3.23. The number of hydrogen-bond donors (Lipinski definition) is 1. The van der Waals surface area contributed by atoms with Crippen LogP contribution in [0.5, 0.6) is 0 Å². The summed E-state index contributed by atoms with van der Waals surface area (Å²) in [6.07, 6.45) is 0.0637. The Morgan fingerprint density at radius 3 is 2.25 bits per heavy atom. The molecule has 0 fully saturated rings. The molecule has 4 aromatic rings. The largest absolute Gasteiger partial charge is 0.459 e. The van der Waals surface area contributed by atoms with Gasteiger partial charge in [-0.1, -0.05) is 60.7 Å². The van der Waals surface area contributed by atoms with E-state index >= 15 is 0 Å². The monoisotopic (exact) mass is 485 g/mol. The number of carbonyl (C=O) groups excluding carboxylic acids is 2. The van der Waals surface area contributed by atoms with E-state index in [0.29, 0.717) is 12.8 Å². The van der Waals surface area contributed by atoms with Gasteiger partial charge >= 0.3 is 12.1 Å². The minimum absolute atomic E-state index is 0.120. The van der Waals surface area contributed by atoms with Crippen LogP contribution in [0.4, 0.5) is 4.79 Å².